The standard InChI is InChI=1S/C14H14N4O5/c1-9-15-12(18(21)22)7-17(9)8-13(19)16-11-5-3-10(4-6-11)14(20)23-2/h3-7H,8H2,1-2H3,(H,16,19). The Labute approximate surface area is 131 Å². The predicted octanol–water partition coefficient (Wildman–Crippen LogP) is 1.53. The molecule has 9 heteroatoms. The van der Waals surface area contributed by atoms with Crippen LogP contribution < -0.4 is 5.32 Å². The van der Waals surface area contributed by atoms with Gasteiger partial charge in [-0.05, 0) is 34.2 Å². The maximum Gasteiger partial charge on any atom is 0.381 e. The second kappa shape index (κ2) is 6.69. The molecule has 0 unspecified atom stereocenters. The summed E-state index contributed by atoms with van der Waals surface area (Å²) in [4.78, 5) is 37.0. The molecule has 0 fully saturated rings. The average Bonchev–Trinajstić information content (AvgIpc) is 2.88. The Hall–Kier alpha value is -3.23. The number of imidazole rings is 1. The number of carbonyl (C=O) groups is 2. The summed E-state index contributed by atoms with van der Waals surface area (Å²) < 4.78 is 5.96. The van der Waals surface area contributed by atoms with Crippen molar-refractivity contribution in [3.8, 4) is 0 Å². The second-order valence-corrected chi connectivity index (χ2v) is 4.65. The van der Waals surface area contributed by atoms with Crippen LogP contribution in [0.4, 0.5) is 11.5 Å². The molecular weight excluding hydrogens is 304 g/mol. The van der Waals surface area contributed by atoms with Crippen molar-refractivity contribution in [2.24, 2.45) is 0 Å². The van der Waals surface area contributed by atoms with Crippen LogP contribution in [0.1, 0.15) is 16.2 Å². The van der Waals surface area contributed by atoms with Crippen molar-refractivity contribution in [2.75, 3.05) is 12.4 Å². The molecule has 0 saturated carbocycles. The van der Waals surface area contributed by atoms with Gasteiger partial charge in [-0.15, -0.1) is 0 Å². The fraction of sp³-hybridized carbons (Fsp3) is 0.214. The van der Waals surface area contributed by atoms with Crippen LogP contribution in [0.25, 0.3) is 0 Å². The fourth-order valence-corrected chi connectivity index (χ4v) is 1.90. The number of nitro groups is 1. The van der Waals surface area contributed by atoms with Crippen molar-refractivity contribution in [3.05, 3.63) is 52.0 Å². The number of aromatic nitrogens is 2. The molecule has 0 saturated heterocycles. The van der Waals surface area contributed by atoms with Crippen LogP contribution in [-0.2, 0) is 16.1 Å². The number of nitrogens with one attached hydrogen (secondary N) is 1. The van der Waals surface area contributed by atoms with Crippen molar-refractivity contribution in [1.82, 2.24) is 9.55 Å². The molecule has 2 rings (SSSR count). The van der Waals surface area contributed by atoms with Gasteiger partial charge in [0.2, 0.25) is 11.7 Å². The van der Waals surface area contributed by atoms with E-state index in [1.165, 1.54) is 30.0 Å². The number of aryl methyl sites for hydroxylation is 1. The summed E-state index contributed by atoms with van der Waals surface area (Å²) in [5.41, 5.74) is 0.862. The number of ether oxygens (including phenoxy) is 1. The molecule has 120 valence electrons. The van der Waals surface area contributed by atoms with Gasteiger partial charge in [0.05, 0.1) is 12.7 Å². The van der Waals surface area contributed by atoms with Gasteiger partial charge in [-0.25, -0.2) is 4.79 Å². The highest BCUT2D eigenvalue weighted by atomic mass is 16.6. The van der Waals surface area contributed by atoms with Gasteiger partial charge in [-0.2, -0.15) is 0 Å². The van der Waals surface area contributed by atoms with Crippen LogP contribution in [0.3, 0.4) is 0 Å². The largest absolute Gasteiger partial charge is 0.465 e. The third kappa shape index (κ3) is 3.90. The van der Waals surface area contributed by atoms with E-state index in [-0.39, 0.29) is 18.3 Å². The molecule has 9 nitrogen and oxygen atoms in total. The van der Waals surface area contributed by atoms with Crippen LogP contribution in [0, 0.1) is 17.0 Å². The Morgan fingerprint density at radius 1 is 1.35 bits per heavy atom. The smallest absolute Gasteiger partial charge is 0.381 e. The van der Waals surface area contributed by atoms with Crippen molar-refractivity contribution in [1.29, 1.82) is 0 Å². The molecule has 1 aromatic heterocycles. The third-order valence-corrected chi connectivity index (χ3v) is 3.05. The zero-order chi connectivity index (χ0) is 17.0. The topological polar surface area (TPSA) is 116 Å². The summed E-state index contributed by atoms with van der Waals surface area (Å²) in [5.74, 6) is -0.777. The molecule has 0 aliphatic carbocycles. The second-order valence-electron chi connectivity index (χ2n) is 4.65. The molecule has 1 amide bonds. The van der Waals surface area contributed by atoms with Crippen molar-refractivity contribution >= 4 is 23.4 Å². The number of carbonyl (C=O) groups excluding carboxylic acids is 2. The lowest BCUT2D eigenvalue weighted by atomic mass is 10.2. The van der Waals surface area contributed by atoms with Gasteiger partial charge in [0.15, 0.2) is 0 Å². The van der Waals surface area contributed by atoms with Gasteiger partial charge in [0, 0.05) is 12.6 Å². The molecule has 0 spiro atoms. The van der Waals surface area contributed by atoms with Gasteiger partial charge in [-0.1, -0.05) is 0 Å². The number of benzene rings is 1. The monoisotopic (exact) mass is 318 g/mol. The summed E-state index contributed by atoms with van der Waals surface area (Å²) >= 11 is 0. The minimum absolute atomic E-state index is 0.106. The minimum atomic E-state index is -0.618. The van der Waals surface area contributed by atoms with Gasteiger partial charge >= 0.3 is 11.8 Å². The summed E-state index contributed by atoms with van der Waals surface area (Å²) in [6.07, 6.45) is 1.20. The van der Waals surface area contributed by atoms with Crippen LogP contribution in [0.2, 0.25) is 0 Å². The molecule has 2 aromatic rings. The zero-order valence-electron chi connectivity index (χ0n) is 12.5. The molecule has 1 heterocycles. The maximum absolute atomic E-state index is 12.0. The number of hydrogen-bond donors (Lipinski definition) is 1. The van der Waals surface area contributed by atoms with E-state index in [9.17, 15) is 19.7 Å². The van der Waals surface area contributed by atoms with Crippen LogP contribution in [-0.4, -0.2) is 33.5 Å². The van der Waals surface area contributed by atoms with Crippen molar-refractivity contribution in [2.45, 2.75) is 13.5 Å². The Balaban J connectivity index is 2.02. The summed E-state index contributed by atoms with van der Waals surface area (Å²) in [6.45, 7) is 1.47. The molecular formula is C14H14N4O5. The van der Waals surface area contributed by atoms with Crippen LogP contribution >= 0.6 is 0 Å². The Kier molecular flexibility index (Phi) is 4.69. The normalized spacial score (nSPS) is 10.2. The van der Waals surface area contributed by atoms with E-state index < -0.39 is 10.9 Å². The highest BCUT2D eigenvalue weighted by Gasteiger charge is 2.17. The molecule has 0 atom stereocenters. The van der Waals surface area contributed by atoms with E-state index in [0.29, 0.717) is 17.1 Å². The molecule has 23 heavy (non-hydrogen) atoms. The molecule has 0 aliphatic rings. The summed E-state index contributed by atoms with van der Waals surface area (Å²) in [7, 11) is 1.28. The first-order valence-electron chi connectivity index (χ1n) is 6.57. The maximum atomic E-state index is 12.0. The van der Waals surface area contributed by atoms with Gasteiger partial charge in [0.25, 0.3) is 0 Å². The molecule has 1 aromatic carbocycles. The van der Waals surface area contributed by atoms with Crippen molar-refractivity contribution < 1.29 is 19.2 Å². The molecule has 0 aliphatic heterocycles. The molecule has 1 N–H and O–H groups in total. The summed E-state index contributed by atoms with van der Waals surface area (Å²) in [5, 5.41) is 13.3. The number of methoxy groups -OCH3 is 1. The Morgan fingerprint density at radius 3 is 2.52 bits per heavy atom. The predicted molar refractivity (Wildman–Crippen MR) is 80.0 cm³/mol. The number of nitrogens with zero attached hydrogens (tertiary/aromatic N) is 3. The van der Waals surface area contributed by atoms with E-state index in [2.05, 4.69) is 15.0 Å². The fourth-order valence-electron chi connectivity index (χ4n) is 1.90. The van der Waals surface area contributed by atoms with Gasteiger partial charge < -0.3 is 20.2 Å². The minimum Gasteiger partial charge on any atom is -0.465 e. The number of esters is 1. The number of rotatable bonds is 5. The SMILES string of the molecule is COC(=O)c1ccc(NC(=O)Cn2cc([N+](=O)[O-])nc2C)cc1. The van der Waals surface area contributed by atoms with Crippen molar-refractivity contribution in [3.63, 3.8) is 0 Å². The van der Waals surface area contributed by atoms with E-state index in [0.717, 1.165) is 0 Å². The van der Waals surface area contributed by atoms with E-state index in [4.69, 9.17) is 0 Å². The number of hydrogen-bond acceptors (Lipinski definition) is 6. The molecule has 0 bridgehead atoms. The first-order valence-corrected chi connectivity index (χ1v) is 6.57. The lowest BCUT2D eigenvalue weighted by Crippen LogP contribution is -2.19. The van der Waals surface area contributed by atoms with Gasteiger partial charge in [-0.3, -0.25) is 9.36 Å². The van der Waals surface area contributed by atoms with Gasteiger partial charge in [0.1, 0.15) is 12.7 Å². The Bertz CT molecular complexity index is 751. The third-order valence-electron chi connectivity index (χ3n) is 3.05. The first-order chi connectivity index (χ1) is 10.9. The van der Waals surface area contributed by atoms with Crippen LogP contribution in [0.15, 0.2) is 30.5 Å². The summed E-state index contributed by atoms with van der Waals surface area (Å²) in [6, 6.07) is 6.17. The first kappa shape index (κ1) is 16.1. The lowest BCUT2D eigenvalue weighted by molar-refractivity contribution is -0.389. The van der Waals surface area contributed by atoms with Crippen LogP contribution in [0.5, 0.6) is 0 Å². The quantitative estimate of drug-likeness (QED) is 0.507. The van der Waals surface area contributed by atoms with E-state index in [1.807, 2.05) is 0 Å². The number of anilines is 1. The van der Waals surface area contributed by atoms with E-state index in [1.54, 1.807) is 19.1 Å². The average molecular weight is 318 g/mol. The highest BCUT2D eigenvalue weighted by molar-refractivity contribution is 5.93. The lowest BCUT2D eigenvalue weighted by Gasteiger charge is -2.06. The highest BCUT2D eigenvalue weighted by Crippen LogP contribution is 2.12. The Morgan fingerprint density at radius 2 is 2.00 bits per heavy atom. The number of amides is 1. The molecule has 0 radical (unpaired) electrons. The zero-order valence-corrected chi connectivity index (χ0v) is 12.5. The van der Waals surface area contributed by atoms with E-state index >= 15 is 0 Å².